The molecule has 2 nitrogen and oxygen atoms in total. The molecule has 3 atom stereocenters. The highest BCUT2D eigenvalue weighted by Gasteiger charge is 2.25. The Morgan fingerprint density at radius 3 is 2.68 bits per heavy atom. The first-order chi connectivity index (χ1) is 9.24. The molecule has 1 fully saturated rings. The van der Waals surface area contributed by atoms with Crippen LogP contribution in [-0.4, -0.2) is 24.6 Å². The summed E-state index contributed by atoms with van der Waals surface area (Å²) < 4.78 is 12.9. The molecule has 0 aromatic heterocycles. The Morgan fingerprint density at radius 2 is 2.00 bits per heavy atom. The van der Waals surface area contributed by atoms with Gasteiger partial charge in [0.25, 0.3) is 0 Å². The minimum atomic E-state index is 0.0937. The molecule has 106 valence electrons. The Balaban J connectivity index is 2.01. The Kier molecular flexibility index (Phi) is 6.33. The lowest BCUT2D eigenvalue weighted by atomic mass is 9.94. The lowest BCUT2D eigenvalue weighted by Gasteiger charge is -2.31. The van der Waals surface area contributed by atoms with Gasteiger partial charge < -0.3 is 9.47 Å². The quantitative estimate of drug-likeness (QED) is 0.667. The van der Waals surface area contributed by atoms with Crippen molar-refractivity contribution in [3.8, 4) is 0 Å². The summed E-state index contributed by atoms with van der Waals surface area (Å²) >= 11 is 7.17. The van der Waals surface area contributed by atoms with E-state index in [1.165, 1.54) is 12.0 Å². The average molecular weight is 392 g/mol. The molecule has 0 bridgehead atoms. The van der Waals surface area contributed by atoms with Crippen LogP contribution >= 0.6 is 31.9 Å². The molecule has 0 heterocycles. The molecule has 0 saturated heterocycles. The van der Waals surface area contributed by atoms with E-state index in [0.717, 1.165) is 29.1 Å². The largest absolute Gasteiger partial charge is 0.381 e. The molecule has 0 radical (unpaired) electrons. The van der Waals surface area contributed by atoms with Gasteiger partial charge in [0.1, 0.15) is 0 Å². The highest BCUT2D eigenvalue weighted by molar-refractivity contribution is 9.10. The van der Waals surface area contributed by atoms with Crippen LogP contribution in [0, 0.1) is 0 Å². The highest BCUT2D eigenvalue weighted by Crippen LogP contribution is 2.32. The van der Waals surface area contributed by atoms with Crippen LogP contribution in [0.5, 0.6) is 0 Å². The highest BCUT2D eigenvalue weighted by atomic mass is 79.9. The predicted molar refractivity (Wildman–Crippen MR) is 84.8 cm³/mol. The Bertz CT molecular complexity index is 397. The summed E-state index contributed by atoms with van der Waals surface area (Å²) in [5.41, 5.74) is 1.21. The summed E-state index contributed by atoms with van der Waals surface area (Å²) in [6.45, 7) is 0. The third-order valence-corrected chi connectivity index (χ3v) is 4.97. The van der Waals surface area contributed by atoms with Crippen LogP contribution in [0.25, 0.3) is 0 Å². The fourth-order valence-electron chi connectivity index (χ4n) is 2.60. The molecule has 1 saturated carbocycles. The normalized spacial score (nSPS) is 25.2. The van der Waals surface area contributed by atoms with E-state index in [-0.39, 0.29) is 6.10 Å². The van der Waals surface area contributed by atoms with Crippen LogP contribution in [-0.2, 0) is 9.47 Å². The molecular weight excluding hydrogens is 372 g/mol. The number of hydrogen-bond donors (Lipinski definition) is 0. The second-order valence-corrected chi connectivity index (χ2v) is 6.45. The summed E-state index contributed by atoms with van der Waals surface area (Å²) in [5.74, 6) is 0. The number of hydrogen-bond acceptors (Lipinski definition) is 2. The van der Waals surface area contributed by atoms with E-state index < -0.39 is 0 Å². The van der Waals surface area contributed by atoms with Crippen molar-refractivity contribution in [3.05, 3.63) is 34.3 Å². The monoisotopic (exact) mass is 390 g/mol. The van der Waals surface area contributed by atoms with Crippen molar-refractivity contribution in [3.63, 3.8) is 0 Å². The molecule has 0 spiro atoms. The molecule has 0 N–H and O–H groups in total. The van der Waals surface area contributed by atoms with Gasteiger partial charge in [-0.15, -0.1) is 0 Å². The van der Waals surface area contributed by atoms with Gasteiger partial charge in [-0.3, -0.25) is 0 Å². The third-order valence-electron chi connectivity index (χ3n) is 3.66. The van der Waals surface area contributed by atoms with E-state index in [1.54, 1.807) is 7.11 Å². The molecule has 0 aliphatic heterocycles. The zero-order valence-corrected chi connectivity index (χ0v) is 14.3. The van der Waals surface area contributed by atoms with Crippen molar-refractivity contribution in [1.82, 2.24) is 0 Å². The molecular formula is C15H20Br2O2. The van der Waals surface area contributed by atoms with E-state index in [9.17, 15) is 0 Å². The number of halogens is 2. The summed E-state index contributed by atoms with van der Waals surface area (Å²) in [6.07, 6.45) is 5.23. The number of ether oxygens (including phenoxy) is 2. The molecule has 4 heteroatoms. The van der Waals surface area contributed by atoms with Crippen LogP contribution in [0.4, 0.5) is 0 Å². The maximum absolute atomic E-state index is 6.28. The number of rotatable bonds is 5. The standard InChI is InChI=1S/C15H20Br2O2/c1-18-11-5-4-6-12(9-11)19-15(10-16)13-7-2-3-8-14(13)17/h2-3,7-8,11-12,15H,4-6,9-10H2,1H3. The Morgan fingerprint density at radius 1 is 1.26 bits per heavy atom. The van der Waals surface area contributed by atoms with E-state index >= 15 is 0 Å². The SMILES string of the molecule is COC1CCCC(OC(CBr)c2ccccc2Br)C1. The predicted octanol–water partition coefficient (Wildman–Crippen LogP) is 4.86. The van der Waals surface area contributed by atoms with Crippen LogP contribution in [0.1, 0.15) is 37.4 Å². The lowest BCUT2D eigenvalue weighted by Crippen LogP contribution is -2.29. The topological polar surface area (TPSA) is 18.5 Å². The van der Waals surface area contributed by atoms with Gasteiger partial charge in [0.05, 0.1) is 18.3 Å². The van der Waals surface area contributed by atoms with E-state index in [0.29, 0.717) is 12.2 Å². The average Bonchev–Trinajstić information content (AvgIpc) is 2.46. The van der Waals surface area contributed by atoms with Gasteiger partial charge in [-0.05, 0) is 37.3 Å². The van der Waals surface area contributed by atoms with Crippen molar-refractivity contribution in [2.45, 2.75) is 44.0 Å². The Hall–Kier alpha value is 0.1000. The minimum Gasteiger partial charge on any atom is -0.381 e. The fraction of sp³-hybridized carbons (Fsp3) is 0.600. The van der Waals surface area contributed by atoms with Crippen molar-refractivity contribution in [1.29, 1.82) is 0 Å². The smallest absolute Gasteiger partial charge is 0.0936 e. The zero-order valence-electron chi connectivity index (χ0n) is 11.1. The Labute approximate surface area is 132 Å². The second-order valence-electron chi connectivity index (χ2n) is 4.95. The number of benzene rings is 1. The molecule has 19 heavy (non-hydrogen) atoms. The fourth-order valence-corrected chi connectivity index (χ4v) is 3.64. The van der Waals surface area contributed by atoms with Crippen LogP contribution in [0.3, 0.4) is 0 Å². The summed E-state index contributed by atoms with van der Waals surface area (Å²) in [6, 6.07) is 8.26. The molecule has 1 aliphatic carbocycles. The van der Waals surface area contributed by atoms with Crippen LogP contribution in [0.2, 0.25) is 0 Å². The maximum atomic E-state index is 6.28. The van der Waals surface area contributed by atoms with Crippen LogP contribution in [0.15, 0.2) is 28.7 Å². The zero-order chi connectivity index (χ0) is 13.7. The van der Waals surface area contributed by atoms with Crippen LogP contribution < -0.4 is 0 Å². The van der Waals surface area contributed by atoms with E-state index in [2.05, 4.69) is 50.1 Å². The summed E-state index contributed by atoms with van der Waals surface area (Å²) in [5, 5.41) is 0.809. The molecule has 0 amide bonds. The first-order valence-corrected chi connectivity index (χ1v) is 8.64. The molecule has 1 aliphatic rings. The number of methoxy groups -OCH3 is 1. The lowest BCUT2D eigenvalue weighted by molar-refractivity contribution is -0.0585. The van der Waals surface area contributed by atoms with Gasteiger partial charge in [-0.1, -0.05) is 50.1 Å². The van der Waals surface area contributed by atoms with Crippen molar-refractivity contribution < 1.29 is 9.47 Å². The second kappa shape index (κ2) is 7.77. The van der Waals surface area contributed by atoms with Gasteiger partial charge >= 0.3 is 0 Å². The first-order valence-electron chi connectivity index (χ1n) is 6.73. The van der Waals surface area contributed by atoms with Crippen molar-refractivity contribution in [2.24, 2.45) is 0 Å². The van der Waals surface area contributed by atoms with Gasteiger partial charge in [0.15, 0.2) is 0 Å². The molecule has 2 rings (SSSR count). The summed E-state index contributed by atoms with van der Waals surface area (Å²) in [7, 11) is 1.79. The van der Waals surface area contributed by atoms with Gasteiger partial charge in [0.2, 0.25) is 0 Å². The molecule has 1 aromatic rings. The van der Waals surface area contributed by atoms with Crippen molar-refractivity contribution >= 4 is 31.9 Å². The van der Waals surface area contributed by atoms with Gasteiger partial charge in [-0.2, -0.15) is 0 Å². The molecule has 1 aromatic carbocycles. The van der Waals surface area contributed by atoms with E-state index in [1.807, 2.05) is 6.07 Å². The maximum Gasteiger partial charge on any atom is 0.0936 e. The van der Waals surface area contributed by atoms with Gasteiger partial charge in [-0.25, -0.2) is 0 Å². The summed E-state index contributed by atoms with van der Waals surface area (Å²) in [4.78, 5) is 0. The van der Waals surface area contributed by atoms with E-state index in [4.69, 9.17) is 9.47 Å². The van der Waals surface area contributed by atoms with Gasteiger partial charge in [0, 0.05) is 16.9 Å². The van der Waals surface area contributed by atoms with Crippen molar-refractivity contribution in [2.75, 3.05) is 12.4 Å². The minimum absolute atomic E-state index is 0.0937. The molecule has 3 unspecified atom stereocenters. The number of alkyl halides is 1. The third kappa shape index (κ3) is 4.28. The first kappa shape index (κ1) is 15.5.